The third kappa shape index (κ3) is 6.87. The summed E-state index contributed by atoms with van der Waals surface area (Å²) in [5.74, 6) is 3.35. The molecule has 0 aromatic heterocycles. The van der Waals surface area contributed by atoms with Crippen LogP contribution in [0.1, 0.15) is 133 Å². The Morgan fingerprint density at radius 1 is 0.875 bits per heavy atom. The van der Waals surface area contributed by atoms with E-state index >= 15 is 0 Å². The van der Waals surface area contributed by atoms with Gasteiger partial charge in [0.15, 0.2) is 0 Å². The molecule has 2 nitrogen and oxygen atoms in total. The normalized spacial score (nSPS) is 30.6. The van der Waals surface area contributed by atoms with E-state index in [-0.39, 0.29) is 11.2 Å². The number of hydrogen-bond acceptors (Lipinski definition) is 2. The summed E-state index contributed by atoms with van der Waals surface area (Å²) in [6.45, 7) is 20.4. The highest BCUT2D eigenvalue weighted by Crippen LogP contribution is 2.52. The van der Waals surface area contributed by atoms with Gasteiger partial charge in [0.1, 0.15) is 5.76 Å². The summed E-state index contributed by atoms with van der Waals surface area (Å²) in [6.07, 6.45) is 14.2. The van der Waals surface area contributed by atoms with E-state index in [9.17, 15) is 5.11 Å². The average molecular weight is 447 g/mol. The maximum atomic E-state index is 10.5. The molecule has 2 heteroatoms. The van der Waals surface area contributed by atoms with Crippen molar-refractivity contribution in [2.75, 3.05) is 0 Å². The number of hydrogen-bond donors (Lipinski definition) is 1. The van der Waals surface area contributed by atoms with Gasteiger partial charge in [-0.1, -0.05) is 79.1 Å². The van der Waals surface area contributed by atoms with Crippen LogP contribution in [0.4, 0.5) is 0 Å². The maximum absolute atomic E-state index is 10.5. The maximum Gasteiger partial charge on any atom is 0.117 e. The highest BCUT2D eigenvalue weighted by Gasteiger charge is 2.50. The van der Waals surface area contributed by atoms with Gasteiger partial charge in [-0.2, -0.15) is 0 Å². The predicted octanol–water partition coefficient (Wildman–Crippen LogP) is 9.55. The lowest BCUT2D eigenvalue weighted by molar-refractivity contribution is -0.181. The SMILES string of the molecule is CC1=C(C)C2(C)O[C@](C)(CCC[C@H](C)CCC[C@H](C)CCCC(C)C)CCC2C(C)=C1O. The van der Waals surface area contributed by atoms with Crippen molar-refractivity contribution in [2.24, 2.45) is 23.7 Å². The molecule has 0 radical (unpaired) electrons. The monoisotopic (exact) mass is 446 g/mol. The Hall–Kier alpha value is -0.760. The van der Waals surface area contributed by atoms with E-state index in [0.29, 0.717) is 11.7 Å². The number of aliphatic hydroxyl groups is 1. The van der Waals surface area contributed by atoms with Crippen molar-refractivity contribution < 1.29 is 9.84 Å². The van der Waals surface area contributed by atoms with Gasteiger partial charge < -0.3 is 9.84 Å². The highest BCUT2D eigenvalue weighted by molar-refractivity contribution is 5.43. The first-order valence-corrected chi connectivity index (χ1v) is 13.7. The molecular weight excluding hydrogens is 392 g/mol. The fraction of sp³-hybridized carbons (Fsp3) is 0.867. The Bertz CT molecular complexity index is 672. The molecule has 1 aliphatic heterocycles. The molecule has 0 aromatic rings. The van der Waals surface area contributed by atoms with Crippen LogP contribution < -0.4 is 0 Å². The van der Waals surface area contributed by atoms with E-state index in [1.165, 1.54) is 56.9 Å². The minimum absolute atomic E-state index is 0.0509. The van der Waals surface area contributed by atoms with Gasteiger partial charge in [-0.05, 0) is 88.4 Å². The molecule has 1 heterocycles. The molecular formula is C30H54O2. The Balaban J connectivity index is 1.75. The van der Waals surface area contributed by atoms with Crippen LogP contribution in [0.3, 0.4) is 0 Å². The first kappa shape index (κ1) is 27.5. The van der Waals surface area contributed by atoms with Crippen LogP contribution in [-0.4, -0.2) is 16.3 Å². The minimum atomic E-state index is -0.273. The van der Waals surface area contributed by atoms with Gasteiger partial charge >= 0.3 is 0 Å². The lowest BCUT2D eigenvalue weighted by Crippen LogP contribution is -2.53. The summed E-state index contributed by atoms with van der Waals surface area (Å²) in [5, 5.41) is 10.5. The average Bonchev–Trinajstić information content (AvgIpc) is 2.70. The Morgan fingerprint density at radius 2 is 1.41 bits per heavy atom. The first-order valence-electron chi connectivity index (χ1n) is 13.7. The quantitative estimate of drug-likeness (QED) is 0.323. The lowest BCUT2D eigenvalue weighted by Gasteiger charge is -2.53. The highest BCUT2D eigenvalue weighted by atomic mass is 16.5. The van der Waals surface area contributed by atoms with E-state index in [4.69, 9.17) is 4.74 Å². The zero-order valence-electron chi connectivity index (χ0n) is 22.9. The number of ether oxygens (including phenoxy) is 1. The van der Waals surface area contributed by atoms with Crippen molar-refractivity contribution in [1.29, 1.82) is 0 Å². The number of rotatable bonds is 12. The molecule has 0 saturated carbocycles. The van der Waals surface area contributed by atoms with E-state index in [0.717, 1.165) is 48.2 Å². The molecule has 1 N–H and O–H groups in total. The van der Waals surface area contributed by atoms with Crippen LogP contribution in [0, 0.1) is 23.7 Å². The summed E-state index contributed by atoms with van der Waals surface area (Å²) in [7, 11) is 0. The van der Waals surface area contributed by atoms with Gasteiger partial charge in [0.25, 0.3) is 0 Å². The Labute approximate surface area is 200 Å². The van der Waals surface area contributed by atoms with Crippen molar-refractivity contribution in [3.63, 3.8) is 0 Å². The van der Waals surface area contributed by atoms with Gasteiger partial charge in [0, 0.05) is 5.92 Å². The van der Waals surface area contributed by atoms with Gasteiger partial charge in [0.2, 0.25) is 0 Å². The van der Waals surface area contributed by atoms with Crippen LogP contribution in [0.5, 0.6) is 0 Å². The third-order valence-corrected chi connectivity index (χ3v) is 8.92. The number of aliphatic hydroxyl groups excluding tert-OH is 1. The Morgan fingerprint density at radius 3 is 1.97 bits per heavy atom. The molecule has 2 aliphatic rings. The largest absolute Gasteiger partial charge is 0.508 e. The second kappa shape index (κ2) is 11.6. The molecule has 0 spiro atoms. The van der Waals surface area contributed by atoms with E-state index in [2.05, 4.69) is 55.4 Å². The molecule has 5 atom stereocenters. The molecule has 32 heavy (non-hydrogen) atoms. The van der Waals surface area contributed by atoms with Crippen molar-refractivity contribution in [1.82, 2.24) is 0 Å². The minimum Gasteiger partial charge on any atom is -0.508 e. The van der Waals surface area contributed by atoms with Crippen LogP contribution >= 0.6 is 0 Å². The van der Waals surface area contributed by atoms with Crippen LogP contribution in [0.25, 0.3) is 0 Å². The second-order valence-electron chi connectivity index (χ2n) is 12.4. The first-order chi connectivity index (χ1) is 14.9. The van der Waals surface area contributed by atoms with E-state index in [1.807, 2.05) is 6.92 Å². The summed E-state index contributed by atoms with van der Waals surface area (Å²) in [4.78, 5) is 0. The lowest BCUT2D eigenvalue weighted by atomic mass is 9.66. The van der Waals surface area contributed by atoms with Gasteiger partial charge in [-0.15, -0.1) is 0 Å². The third-order valence-electron chi connectivity index (χ3n) is 8.92. The second-order valence-corrected chi connectivity index (χ2v) is 12.4. The molecule has 1 fully saturated rings. The molecule has 2 rings (SSSR count). The zero-order valence-corrected chi connectivity index (χ0v) is 22.9. The predicted molar refractivity (Wildman–Crippen MR) is 139 cm³/mol. The molecule has 0 bridgehead atoms. The summed E-state index contributed by atoms with van der Waals surface area (Å²) in [5.41, 5.74) is 3.02. The van der Waals surface area contributed by atoms with Gasteiger partial charge in [-0.3, -0.25) is 0 Å². The molecule has 2 unspecified atom stereocenters. The topological polar surface area (TPSA) is 29.5 Å². The summed E-state index contributed by atoms with van der Waals surface area (Å²) < 4.78 is 6.91. The van der Waals surface area contributed by atoms with Crippen molar-refractivity contribution in [3.8, 4) is 0 Å². The molecule has 0 amide bonds. The fourth-order valence-electron chi connectivity index (χ4n) is 6.32. The Kier molecular flexibility index (Phi) is 9.95. The number of allylic oxidation sites excluding steroid dienone is 1. The van der Waals surface area contributed by atoms with E-state index in [1.54, 1.807) is 0 Å². The molecule has 186 valence electrons. The van der Waals surface area contributed by atoms with E-state index < -0.39 is 0 Å². The van der Waals surface area contributed by atoms with Crippen molar-refractivity contribution >= 4 is 0 Å². The van der Waals surface area contributed by atoms with Gasteiger partial charge in [-0.25, -0.2) is 0 Å². The van der Waals surface area contributed by atoms with Crippen LogP contribution in [-0.2, 0) is 4.74 Å². The molecule has 0 aromatic carbocycles. The van der Waals surface area contributed by atoms with Crippen LogP contribution in [0.15, 0.2) is 22.5 Å². The van der Waals surface area contributed by atoms with Crippen molar-refractivity contribution in [3.05, 3.63) is 22.5 Å². The summed E-state index contributed by atoms with van der Waals surface area (Å²) >= 11 is 0. The van der Waals surface area contributed by atoms with Crippen LogP contribution in [0.2, 0.25) is 0 Å². The summed E-state index contributed by atoms with van der Waals surface area (Å²) in [6, 6.07) is 0. The van der Waals surface area contributed by atoms with Crippen molar-refractivity contribution in [2.45, 2.75) is 144 Å². The molecule has 1 saturated heterocycles. The smallest absolute Gasteiger partial charge is 0.117 e. The standard InChI is InChI=1S/C30H54O2/c1-21(2)13-10-14-22(3)15-11-16-23(4)17-12-19-29(8)20-18-27-25(6)28(31)24(5)26(7)30(27,9)32-29/h21-23,27,31H,10-20H2,1-9H3/t22-,23-,27?,29-,30?/m1/s1. The number of fused-ring (bicyclic) bond motifs is 1. The fourth-order valence-corrected chi connectivity index (χ4v) is 6.32. The zero-order chi connectivity index (χ0) is 24.1. The van der Waals surface area contributed by atoms with Gasteiger partial charge in [0.05, 0.1) is 11.2 Å². The molecule has 1 aliphatic carbocycles.